The fraction of sp³-hybridized carbons (Fsp3) is 0.222. The number of alkyl carbamates (subject to hydrolysis) is 1. The van der Waals surface area contributed by atoms with Crippen LogP contribution in [-0.4, -0.2) is 23.0 Å². The van der Waals surface area contributed by atoms with Crippen LogP contribution in [0.2, 0.25) is 0 Å². The number of benzene rings is 3. The molecule has 0 spiro atoms. The van der Waals surface area contributed by atoms with Gasteiger partial charge in [-0.15, -0.1) is 0 Å². The summed E-state index contributed by atoms with van der Waals surface area (Å²) in [5.41, 5.74) is 3.78. The van der Waals surface area contributed by atoms with Gasteiger partial charge >= 0.3 is 6.09 Å². The minimum atomic E-state index is -0.819. The first-order chi connectivity index (χ1) is 16.6. The van der Waals surface area contributed by atoms with Gasteiger partial charge in [-0.1, -0.05) is 60.7 Å². The van der Waals surface area contributed by atoms with E-state index in [0.29, 0.717) is 29.1 Å². The van der Waals surface area contributed by atoms with Gasteiger partial charge in [0.25, 0.3) is 0 Å². The molecule has 0 bridgehead atoms. The third-order valence-corrected chi connectivity index (χ3v) is 5.70. The fourth-order valence-electron chi connectivity index (χ4n) is 3.72. The largest absolute Gasteiger partial charge is 0.445 e. The van der Waals surface area contributed by atoms with E-state index in [9.17, 15) is 9.59 Å². The molecule has 7 heteroatoms. The molecule has 1 saturated carbocycles. The van der Waals surface area contributed by atoms with Gasteiger partial charge in [0.05, 0.1) is 0 Å². The van der Waals surface area contributed by atoms with Gasteiger partial charge in [0.2, 0.25) is 5.91 Å². The van der Waals surface area contributed by atoms with Crippen molar-refractivity contribution < 1.29 is 18.7 Å². The van der Waals surface area contributed by atoms with Crippen LogP contribution in [0.1, 0.15) is 35.8 Å². The molecule has 2 amide bonds. The van der Waals surface area contributed by atoms with Gasteiger partial charge in [-0.2, -0.15) is 0 Å². The molecule has 34 heavy (non-hydrogen) atoms. The van der Waals surface area contributed by atoms with Crippen molar-refractivity contribution in [1.82, 2.24) is 10.3 Å². The van der Waals surface area contributed by atoms with Gasteiger partial charge in [0, 0.05) is 18.0 Å². The van der Waals surface area contributed by atoms with Gasteiger partial charge < -0.3 is 19.8 Å². The Morgan fingerprint density at radius 1 is 0.971 bits per heavy atom. The molecule has 1 heterocycles. The van der Waals surface area contributed by atoms with Crippen molar-refractivity contribution in [2.45, 2.75) is 37.8 Å². The van der Waals surface area contributed by atoms with Gasteiger partial charge in [-0.05, 0) is 42.2 Å². The summed E-state index contributed by atoms with van der Waals surface area (Å²) >= 11 is 0. The summed E-state index contributed by atoms with van der Waals surface area (Å²) < 4.78 is 11.1. The van der Waals surface area contributed by atoms with Crippen LogP contribution in [-0.2, 0) is 22.6 Å². The zero-order chi connectivity index (χ0) is 23.3. The Kier molecular flexibility index (Phi) is 6.25. The lowest BCUT2D eigenvalue weighted by molar-refractivity contribution is -0.118. The summed E-state index contributed by atoms with van der Waals surface area (Å²) in [6.45, 7) is 0.124. The van der Waals surface area contributed by atoms with Crippen LogP contribution < -0.4 is 10.6 Å². The van der Waals surface area contributed by atoms with Crippen LogP contribution in [0.25, 0.3) is 11.1 Å². The molecular formula is C27H25N3O4. The highest BCUT2D eigenvalue weighted by Crippen LogP contribution is 2.40. The van der Waals surface area contributed by atoms with E-state index in [1.807, 2.05) is 60.7 Å². The van der Waals surface area contributed by atoms with Crippen molar-refractivity contribution in [2.75, 3.05) is 5.32 Å². The van der Waals surface area contributed by atoms with Gasteiger partial charge in [0.1, 0.15) is 18.2 Å². The summed E-state index contributed by atoms with van der Waals surface area (Å²) in [6.07, 6.45) is 1.87. The Hall–Kier alpha value is -4.13. The predicted octanol–water partition coefficient (Wildman–Crippen LogP) is 5.18. The quantitative estimate of drug-likeness (QED) is 0.382. The van der Waals surface area contributed by atoms with Crippen molar-refractivity contribution in [3.05, 3.63) is 95.9 Å². The summed E-state index contributed by atoms with van der Waals surface area (Å²) in [4.78, 5) is 30.2. The molecule has 1 aromatic heterocycles. The number of fused-ring (bicyclic) bond motifs is 1. The average Bonchev–Trinajstić information content (AvgIpc) is 3.63. The number of oxazole rings is 1. The zero-order valence-electron chi connectivity index (χ0n) is 18.6. The molecule has 2 N–H and O–H groups in total. The lowest BCUT2D eigenvalue weighted by Gasteiger charge is -2.18. The number of hydrogen-bond donors (Lipinski definition) is 2. The SMILES string of the molecule is O=C(N[C@@H](Cc1ccccc1)C(=O)Nc1ccc2oc(C3CC3)nc2c1)OCc1ccccc1. The number of carbonyl (C=O) groups is 2. The van der Waals surface area contributed by atoms with Gasteiger partial charge in [-0.25, -0.2) is 9.78 Å². The molecule has 1 aliphatic carbocycles. The molecule has 1 atom stereocenters. The van der Waals surface area contributed by atoms with Gasteiger partial charge in [0.15, 0.2) is 11.5 Å². The Labute approximate surface area is 197 Å². The molecular weight excluding hydrogens is 430 g/mol. The number of anilines is 1. The first-order valence-corrected chi connectivity index (χ1v) is 11.4. The molecule has 172 valence electrons. The number of rotatable bonds is 8. The minimum absolute atomic E-state index is 0.124. The molecule has 3 aromatic carbocycles. The smallest absolute Gasteiger partial charge is 0.408 e. The zero-order valence-corrected chi connectivity index (χ0v) is 18.6. The monoisotopic (exact) mass is 455 g/mol. The highest BCUT2D eigenvalue weighted by Gasteiger charge is 2.29. The summed E-state index contributed by atoms with van der Waals surface area (Å²) in [7, 11) is 0. The predicted molar refractivity (Wildman–Crippen MR) is 128 cm³/mol. The van der Waals surface area contributed by atoms with Crippen molar-refractivity contribution in [3.8, 4) is 0 Å². The van der Waals surface area contributed by atoms with Crippen LogP contribution in [0.4, 0.5) is 10.5 Å². The maximum atomic E-state index is 13.2. The van der Waals surface area contributed by atoms with E-state index in [1.165, 1.54) is 0 Å². The van der Waals surface area contributed by atoms with Crippen LogP contribution in [0.3, 0.4) is 0 Å². The van der Waals surface area contributed by atoms with E-state index in [1.54, 1.807) is 18.2 Å². The number of amides is 2. The first-order valence-electron chi connectivity index (χ1n) is 11.4. The normalized spacial score (nSPS) is 13.9. The molecule has 0 saturated heterocycles. The second-order valence-corrected chi connectivity index (χ2v) is 8.45. The van der Waals surface area contributed by atoms with E-state index in [0.717, 1.165) is 29.9 Å². The van der Waals surface area contributed by atoms with Crippen LogP contribution in [0.5, 0.6) is 0 Å². The molecule has 4 aromatic rings. The number of ether oxygens (including phenoxy) is 1. The Morgan fingerprint density at radius 2 is 1.68 bits per heavy atom. The molecule has 5 rings (SSSR count). The lowest BCUT2D eigenvalue weighted by Crippen LogP contribution is -2.45. The molecule has 1 aliphatic rings. The van der Waals surface area contributed by atoms with Crippen molar-refractivity contribution >= 4 is 28.8 Å². The van der Waals surface area contributed by atoms with Crippen LogP contribution in [0, 0.1) is 0 Å². The van der Waals surface area contributed by atoms with E-state index in [2.05, 4.69) is 15.6 Å². The Morgan fingerprint density at radius 3 is 2.38 bits per heavy atom. The molecule has 0 unspecified atom stereocenters. The van der Waals surface area contributed by atoms with E-state index < -0.39 is 12.1 Å². The summed E-state index contributed by atoms with van der Waals surface area (Å²) in [5, 5.41) is 5.61. The number of carbonyl (C=O) groups excluding carboxylic acids is 2. The third kappa shape index (κ3) is 5.43. The van der Waals surface area contributed by atoms with Crippen LogP contribution >= 0.6 is 0 Å². The minimum Gasteiger partial charge on any atom is -0.445 e. The van der Waals surface area contributed by atoms with Gasteiger partial charge in [-0.3, -0.25) is 4.79 Å². The highest BCUT2D eigenvalue weighted by molar-refractivity contribution is 5.98. The second-order valence-electron chi connectivity index (χ2n) is 8.45. The van der Waals surface area contributed by atoms with Crippen molar-refractivity contribution in [3.63, 3.8) is 0 Å². The molecule has 7 nitrogen and oxygen atoms in total. The van der Waals surface area contributed by atoms with Crippen molar-refractivity contribution in [2.24, 2.45) is 0 Å². The number of nitrogens with one attached hydrogen (secondary N) is 2. The van der Waals surface area contributed by atoms with E-state index in [-0.39, 0.29) is 12.5 Å². The molecule has 1 fully saturated rings. The second kappa shape index (κ2) is 9.79. The number of nitrogens with zero attached hydrogens (tertiary/aromatic N) is 1. The topological polar surface area (TPSA) is 93.5 Å². The maximum absolute atomic E-state index is 13.2. The molecule has 0 radical (unpaired) electrons. The molecule has 0 aliphatic heterocycles. The fourth-order valence-corrected chi connectivity index (χ4v) is 3.72. The third-order valence-electron chi connectivity index (χ3n) is 5.70. The highest BCUT2D eigenvalue weighted by atomic mass is 16.5. The summed E-state index contributed by atoms with van der Waals surface area (Å²) in [5.74, 6) is 0.820. The summed E-state index contributed by atoms with van der Waals surface area (Å²) in [6, 6.07) is 23.5. The first kappa shape index (κ1) is 21.7. The number of aromatic nitrogens is 1. The standard InChI is InChI=1S/C27H25N3O4/c31-25(28-21-13-14-24-22(16-21)29-26(34-24)20-11-12-20)23(15-18-7-3-1-4-8-18)30-27(32)33-17-19-9-5-2-6-10-19/h1-10,13-14,16,20,23H,11-12,15,17H2,(H,28,31)(H,30,32)/t23-/m0/s1. The van der Waals surface area contributed by atoms with E-state index >= 15 is 0 Å². The Bertz CT molecular complexity index is 1280. The van der Waals surface area contributed by atoms with E-state index in [4.69, 9.17) is 9.15 Å². The van der Waals surface area contributed by atoms with Crippen molar-refractivity contribution in [1.29, 1.82) is 0 Å². The van der Waals surface area contributed by atoms with Crippen LogP contribution in [0.15, 0.2) is 83.3 Å². The lowest BCUT2D eigenvalue weighted by atomic mass is 10.1. The Balaban J connectivity index is 1.28. The average molecular weight is 456 g/mol. The number of hydrogen-bond acceptors (Lipinski definition) is 5. The maximum Gasteiger partial charge on any atom is 0.408 e.